The Kier molecular flexibility index (Phi) is 7.51. The van der Waals surface area contributed by atoms with Crippen molar-refractivity contribution < 1.29 is 18.0 Å². The van der Waals surface area contributed by atoms with Crippen LogP contribution in [0, 0.1) is 0 Å². The largest absolute Gasteiger partial charge is 0.372 e. The first-order chi connectivity index (χ1) is 14.9. The Morgan fingerprint density at radius 2 is 1.71 bits per heavy atom. The Labute approximate surface area is 183 Å². The van der Waals surface area contributed by atoms with Crippen LogP contribution in [0.5, 0.6) is 0 Å². The van der Waals surface area contributed by atoms with Crippen LogP contribution in [0.3, 0.4) is 0 Å². The van der Waals surface area contributed by atoms with Crippen LogP contribution < -0.4 is 20.3 Å². The van der Waals surface area contributed by atoms with Crippen LogP contribution in [-0.2, 0) is 21.4 Å². The van der Waals surface area contributed by atoms with E-state index in [-0.39, 0.29) is 12.5 Å². The number of hydrogen-bond donors (Lipinski definition) is 3. The van der Waals surface area contributed by atoms with E-state index in [2.05, 4.69) is 20.3 Å². The van der Waals surface area contributed by atoms with Gasteiger partial charge in [0.2, 0.25) is 15.9 Å². The van der Waals surface area contributed by atoms with Crippen LogP contribution in [0.15, 0.2) is 48.5 Å². The quantitative estimate of drug-likeness (QED) is 0.578. The second kappa shape index (κ2) is 10.3. The van der Waals surface area contributed by atoms with E-state index in [0.717, 1.165) is 18.8 Å². The summed E-state index contributed by atoms with van der Waals surface area (Å²) in [6.45, 7) is 2.15. The van der Waals surface area contributed by atoms with E-state index >= 15 is 0 Å². The Bertz CT molecular complexity index is 1020. The number of hydrogen-bond acceptors (Lipinski definition) is 5. The summed E-state index contributed by atoms with van der Waals surface area (Å²) in [5.41, 5.74) is 2.66. The van der Waals surface area contributed by atoms with Crippen molar-refractivity contribution in [3.05, 3.63) is 59.7 Å². The standard InChI is InChI=1S/C22H28N4O4S/c1-23-22(28)18-7-5-6-17(14-18)15-24-21(27)16-31(29,30)25-19-8-10-20(11-9-19)26-12-3-2-4-13-26/h5-11,14,25H,2-4,12-13,15-16H2,1H3,(H,23,28)(H,24,27). The zero-order valence-corrected chi connectivity index (χ0v) is 18.4. The molecule has 8 nitrogen and oxygen atoms in total. The Morgan fingerprint density at radius 1 is 1.00 bits per heavy atom. The number of nitrogens with one attached hydrogen (secondary N) is 3. The van der Waals surface area contributed by atoms with Gasteiger partial charge in [0.15, 0.2) is 0 Å². The fraction of sp³-hybridized carbons (Fsp3) is 0.364. The summed E-state index contributed by atoms with van der Waals surface area (Å²) in [7, 11) is -2.30. The number of benzene rings is 2. The average molecular weight is 445 g/mol. The summed E-state index contributed by atoms with van der Waals surface area (Å²) in [5, 5.41) is 5.11. The predicted molar refractivity (Wildman–Crippen MR) is 122 cm³/mol. The molecule has 3 rings (SSSR count). The third-order valence-electron chi connectivity index (χ3n) is 5.09. The summed E-state index contributed by atoms with van der Waals surface area (Å²) >= 11 is 0. The highest BCUT2D eigenvalue weighted by Gasteiger charge is 2.17. The summed E-state index contributed by atoms with van der Waals surface area (Å²) in [6, 6.07) is 14.0. The molecule has 0 radical (unpaired) electrons. The lowest BCUT2D eigenvalue weighted by Gasteiger charge is -2.28. The van der Waals surface area contributed by atoms with E-state index in [1.807, 2.05) is 12.1 Å². The lowest BCUT2D eigenvalue weighted by molar-refractivity contribution is -0.118. The van der Waals surface area contributed by atoms with Gasteiger partial charge in [-0.2, -0.15) is 0 Å². The molecular weight excluding hydrogens is 416 g/mol. The molecule has 3 N–H and O–H groups in total. The van der Waals surface area contributed by atoms with Gasteiger partial charge in [0.25, 0.3) is 5.91 Å². The normalized spacial score (nSPS) is 14.0. The topological polar surface area (TPSA) is 108 Å². The van der Waals surface area contributed by atoms with Gasteiger partial charge in [0.1, 0.15) is 5.75 Å². The van der Waals surface area contributed by atoms with Gasteiger partial charge in [0.05, 0.1) is 0 Å². The number of anilines is 2. The maximum atomic E-state index is 12.4. The van der Waals surface area contributed by atoms with E-state index in [1.165, 1.54) is 26.3 Å². The molecule has 2 amide bonds. The molecule has 166 valence electrons. The number of sulfonamides is 1. The molecule has 0 spiro atoms. The van der Waals surface area contributed by atoms with E-state index < -0.39 is 21.7 Å². The molecule has 0 atom stereocenters. The minimum Gasteiger partial charge on any atom is -0.372 e. The minimum atomic E-state index is -3.84. The maximum absolute atomic E-state index is 12.4. The average Bonchev–Trinajstić information content (AvgIpc) is 2.78. The highest BCUT2D eigenvalue weighted by atomic mass is 32.2. The van der Waals surface area contributed by atoms with Crippen molar-refractivity contribution in [2.24, 2.45) is 0 Å². The molecule has 1 aliphatic heterocycles. The molecule has 0 saturated carbocycles. The first-order valence-corrected chi connectivity index (χ1v) is 11.9. The van der Waals surface area contributed by atoms with E-state index in [0.29, 0.717) is 16.8 Å². The second-order valence-corrected chi connectivity index (χ2v) is 9.23. The number of carbonyl (C=O) groups excluding carboxylic acids is 2. The van der Waals surface area contributed by atoms with Crippen molar-refractivity contribution in [3.63, 3.8) is 0 Å². The van der Waals surface area contributed by atoms with Crippen molar-refractivity contribution in [2.45, 2.75) is 25.8 Å². The zero-order chi connectivity index (χ0) is 22.3. The molecule has 0 bridgehead atoms. The molecular formula is C22H28N4O4S. The SMILES string of the molecule is CNC(=O)c1cccc(CNC(=O)CS(=O)(=O)Nc2ccc(N3CCCCC3)cc2)c1. The molecule has 1 saturated heterocycles. The number of amides is 2. The van der Waals surface area contributed by atoms with Gasteiger partial charge in [-0.25, -0.2) is 8.42 Å². The van der Waals surface area contributed by atoms with Crippen LogP contribution in [-0.4, -0.2) is 46.1 Å². The number of rotatable bonds is 8. The summed E-state index contributed by atoms with van der Waals surface area (Å²) < 4.78 is 27.2. The summed E-state index contributed by atoms with van der Waals surface area (Å²) in [4.78, 5) is 26.1. The molecule has 1 fully saturated rings. The molecule has 2 aromatic rings. The monoisotopic (exact) mass is 444 g/mol. The van der Waals surface area contributed by atoms with Gasteiger partial charge in [-0.15, -0.1) is 0 Å². The third kappa shape index (κ3) is 6.71. The lowest BCUT2D eigenvalue weighted by atomic mass is 10.1. The first kappa shape index (κ1) is 22.6. The van der Waals surface area contributed by atoms with Crippen molar-refractivity contribution in [3.8, 4) is 0 Å². The van der Waals surface area contributed by atoms with Gasteiger partial charge in [0, 0.05) is 43.6 Å². The van der Waals surface area contributed by atoms with E-state index in [4.69, 9.17) is 0 Å². The smallest absolute Gasteiger partial charge is 0.251 e. The molecule has 2 aromatic carbocycles. The Hall–Kier alpha value is -3.07. The minimum absolute atomic E-state index is 0.129. The van der Waals surface area contributed by atoms with Gasteiger partial charge in [-0.3, -0.25) is 14.3 Å². The number of nitrogens with zero attached hydrogens (tertiary/aromatic N) is 1. The fourth-order valence-electron chi connectivity index (χ4n) is 3.50. The van der Waals surface area contributed by atoms with Crippen LogP contribution >= 0.6 is 0 Å². The predicted octanol–water partition coefficient (Wildman–Crippen LogP) is 2.09. The van der Waals surface area contributed by atoms with Gasteiger partial charge < -0.3 is 15.5 Å². The molecule has 1 aliphatic rings. The van der Waals surface area contributed by atoms with Crippen LogP contribution in [0.4, 0.5) is 11.4 Å². The first-order valence-electron chi connectivity index (χ1n) is 10.3. The summed E-state index contributed by atoms with van der Waals surface area (Å²) in [5.74, 6) is -1.54. The van der Waals surface area contributed by atoms with Crippen LogP contribution in [0.25, 0.3) is 0 Å². The molecule has 1 heterocycles. The third-order valence-corrected chi connectivity index (χ3v) is 6.28. The van der Waals surface area contributed by atoms with Crippen LogP contribution in [0.2, 0.25) is 0 Å². The number of piperidine rings is 1. The highest BCUT2D eigenvalue weighted by molar-refractivity contribution is 7.93. The molecule has 0 aromatic heterocycles. The molecule has 0 aliphatic carbocycles. The van der Waals surface area contributed by atoms with Gasteiger partial charge in [-0.1, -0.05) is 12.1 Å². The molecule has 9 heteroatoms. The van der Waals surface area contributed by atoms with Crippen molar-refractivity contribution in [1.29, 1.82) is 0 Å². The van der Waals surface area contributed by atoms with E-state index in [1.54, 1.807) is 36.4 Å². The zero-order valence-electron chi connectivity index (χ0n) is 17.6. The van der Waals surface area contributed by atoms with E-state index in [9.17, 15) is 18.0 Å². The Morgan fingerprint density at radius 3 is 2.39 bits per heavy atom. The van der Waals surface area contributed by atoms with Crippen molar-refractivity contribution >= 4 is 33.2 Å². The van der Waals surface area contributed by atoms with Crippen molar-refractivity contribution in [2.75, 3.05) is 35.5 Å². The molecule has 0 unspecified atom stereocenters. The summed E-state index contributed by atoms with van der Waals surface area (Å²) in [6.07, 6.45) is 3.58. The second-order valence-electron chi connectivity index (χ2n) is 7.51. The molecule has 31 heavy (non-hydrogen) atoms. The van der Waals surface area contributed by atoms with Crippen molar-refractivity contribution in [1.82, 2.24) is 10.6 Å². The van der Waals surface area contributed by atoms with Gasteiger partial charge >= 0.3 is 0 Å². The maximum Gasteiger partial charge on any atom is 0.251 e. The van der Waals surface area contributed by atoms with Gasteiger partial charge in [-0.05, 0) is 61.2 Å². The fourth-order valence-corrected chi connectivity index (χ4v) is 4.51. The Balaban J connectivity index is 1.52. The number of carbonyl (C=O) groups is 2. The highest BCUT2D eigenvalue weighted by Crippen LogP contribution is 2.22. The lowest BCUT2D eigenvalue weighted by Crippen LogP contribution is -2.32. The van der Waals surface area contributed by atoms with Crippen LogP contribution in [0.1, 0.15) is 35.2 Å².